The Morgan fingerprint density at radius 2 is 1.73 bits per heavy atom. The molecule has 2 heterocycles. The molecule has 0 spiro atoms. The molecule has 1 amide bonds. The molecule has 2 aromatic heterocycles. The van der Waals surface area contributed by atoms with Gasteiger partial charge in [-0.3, -0.25) is 9.48 Å². The highest BCUT2D eigenvalue weighted by atomic mass is 19.4. The van der Waals surface area contributed by atoms with Crippen LogP contribution in [0.15, 0.2) is 24.3 Å². The lowest BCUT2D eigenvalue weighted by Crippen LogP contribution is -2.26. The molecule has 0 saturated heterocycles. The van der Waals surface area contributed by atoms with Crippen LogP contribution in [0.25, 0.3) is 11.0 Å². The third kappa shape index (κ3) is 4.63. The minimum atomic E-state index is -4.34. The summed E-state index contributed by atoms with van der Waals surface area (Å²) in [5.74, 6) is -0.0938. The quantitative estimate of drug-likeness (QED) is 0.653. The molecule has 0 unspecified atom stereocenters. The van der Waals surface area contributed by atoms with E-state index in [1.165, 1.54) is 12.1 Å². The van der Waals surface area contributed by atoms with Crippen LogP contribution in [0.3, 0.4) is 0 Å². The van der Waals surface area contributed by atoms with E-state index >= 15 is 0 Å². The first-order chi connectivity index (χ1) is 14.1. The molecule has 8 heteroatoms. The molecule has 0 aliphatic rings. The zero-order valence-corrected chi connectivity index (χ0v) is 17.5. The van der Waals surface area contributed by atoms with Gasteiger partial charge in [0.2, 0.25) is 5.91 Å². The number of carbonyl (C=O) groups excluding carboxylic acids is 1. The monoisotopic (exact) mass is 418 g/mol. The standard InChI is InChI=1S/C22H25F3N4O/c1-13-18(14(2)27-21-20(13)15(3)28-29(21)4)9-10-19(30)26-12-11-16-5-7-17(8-6-16)22(23,24)25/h5-8H,9-12H2,1-4H3,(H,26,30). The number of hydrogen-bond acceptors (Lipinski definition) is 3. The average Bonchev–Trinajstić information content (AvgIpc) is 2.94. The Bertz CT molecular complexity index is 1070. The highest BCUT2D eigenvalue weighted by molar-refractivity contribution is 5.84. The van der Waals surface area contributed by atoms with Gasteiger partial charge in [-0.2, -0.15) is 18.3 Å². The van der Waals surface area contributed by atoms with Gasteiger partial charge in [0.1, 0.15) is 0 Å². The fourth-order valence-electron chi connectivity index (χ4n) is 3.76. The lowest BCUT2D eigenvalue weighted by Gasteiger charge is -2.12. The zero-order chi connectivity index (χ0) is 22.1. The fraction of sp³-hybridized carbons (Fsp3) is 0.409. The third-order valence-electron chi connectivity index (χ3n) is 5.35. The first-order valence-corrected chi connectivity index (χ1v) is 9.80. The normalized spacial score (nSPS) is 11.8. The van der Waals surface area contributed by atoms with Crippen LogP contribution >= 0.6 is 0 Å². The van der Waals surface area contributed by atoms with Crippen molar-refractivity contribution >= 4 is 16.9 Å². The van der Waals surface area contributed by atoms with Crippen LogP contribution in [0, 0.1) is 20.8 Å². The van der Waals surface area contributed by atoms with Crippen LogP contribution in [-0.2, 0) is 30.9 Å². The fourth-order valence-corrected chi connectivity index (χ4v) is 3.76. The number of alkyl halides is 3. The van der Waals surface area contributed by atoms with Crippen molar-refractivity contribution in [1.29, 1.82) is 0 Å². The van der Waals surface area contributed by atoms with Crippen molar-refractivity contribution in [3.05, 3.63) is 57.9 Å². The Hall–Kier alpha value is -2.90. The molecule has 3 aromatic rings. The number of aromatic nitrogens is 3. The Balaban J connectivity index is 1.56. The van der Waals surface area contributed by atoms with Crippen LogP contribution in [-0.4, -0.2) is 27.2 Å². The van der Waals surface area contributed by atoms with E-state index in [0.717, 1.165) is 51.2 Å². The molecule has 30 heavy (non-hydrogen) atoms. The Kier molecular flexibility index (Phi) is 6.14. The third-order valence-corrected chi connectivity index (χ3v) is 5.35. The molecular weight excluding hydrogens is 393 g/mol. The summed E-state index contributed by atoms with van der Waals surface area (Å²) in [7, 11) is 1.87. The predicted molar refractivity (Wildman–Crippen MR) is 109 cm³/mol. The maximum Gasteiger partial charge on any atom is 0.416 e. The van der Waals surface area contributed by atoms with Crippen molar-refractivity contribution in [2.24, 2.45) is 7.05 Å². The summed E-state index contributed by atoms with van der Waals surface area (Å²) in [6.45, 7) is 6.29. The van der Waals surface area contributed by atoms with E-state index in [1.807, 2.05) is 27.8 Å². The second kappa shape index (κ2) is 8.45. The van der Waals surface area contributed by atoms with Crippen LogP contribution in [0.2, 0.25) is 0 Å². The Labute approximate surface area is 173 Å². The van der Waals surface area contributed by atoms with E-state index < -0.39 is 11.7 Å². The number of fused-ring (bicyclic) bond motifs is 1. The van der Waals surface area contributed by atoms with Crippen molar-refractivity contribution in [3.8, 4) is 0 Å². The first kappa shape index (κ1) is 21.8. The summed E-state index contributed by atoms with van der Waals surface area (Å²) >= 11 is 0. The molecular formula is C22H25F3N4O. The SMILES string of the molecule is Cc1nc2c(c(C)nn2C)c(C)c1CCC(=O)NCCc1ccc(C(F)(F)F)cc1. The van der Waals surface area contributed by atoms with E-state index in [4.69, 9.17) is 0 Å². The molecule has 0 bridgehead atoms. The molecule has 1 aromatic carbocycles. The molecule has 0 atom stereocenters. The molecule has 3 rings (SSSR count). The maximum absolute atomic E-state index is 12.6. The number of nitrogens with zero attached hydrogens (tertiary/aromatic N) is 3. The summed E-state index contributed by atoms with van der Waals surface area (Å²) in [6, 6.07) is 5.01. The second-order valence-corrected chi connectivity index (χ2v) is 7.50. The van der Waals surface area contributed by atoms with E-state index in [9.17, 15) is 18.0 Å². The molecule has 0 radical (unpaired) electrons. The van der Waals surface area contributed by atoms with Crippen molar-refractivity contribution in [2.75, 3.05) is 6.54 Å². The first-order valence-electron chi connectivity index (χ1n) is 9.80. The topological polar surface area (TPSA) is 59.8 Å². The summed E-state index contributed by atoms with van der Waals surface area (Å²) in [5.41, 5.74) is 4.87. The van der Waals surface area contributed by atoms with Gasteiger partial charge in [-0.05, 0) is 62.4 Å². The number of hydrogen-bond donors (Lipinski definition) is 1. The van der Waals surface area contributed by atoms with Gasteiger partial charge in [-0.25, -0.2) is 4.98 Å². The highest BCUT2D eigenvalue weighted by Gasteiger charge is 2.29. The highest BCUT2D eigenvalue weighted by Crippen LogP contribution is 2.29. The zero-order valence-electron chi connectivity index (χ0n) is 17.5. The average molecular weight is 418 g/mol. The number of rotatable bonds is 6. The molecule has 0 aliphatic heterocycles. The van der Waals surface area contributed by atoms with E-state index in [1.54, 1.807) is 4.68 Å². The Morgan fingerprint density at radius 1 is 1.07 bits per heavy atom. The number of nitrogens with one attached hydrogen (secondary N) is 1. The van der Waals surface area contributed by atoms with Gasteiger partial charge in [0.15, 0.2) is 5.65 Å². The molecule has 0 aliphatic carbocycles. The summed E-state index contributed by atoms with van der Waals surface area (Å²) in [6.07, 6.45) is -2.97. The summed E-state index contributed by atoms with van der Waals surface area (Å²) in [4.78, 5) is 16.9. The minimum absolute atomic E-state index is 0.0938. The smallest absolute Gasteiger partial charge is 0.356 e. The number of benzene rings is 1. The summed E-state index contributed by atoms with van der Waals surface area (Å²) in [5, 5.41) is 8.30. The molecule has 5 nitrogen and oxygen atoms in total. The largest absolute Gasteiger partial charge is 0.416 e. The minimum Gasteiger partial charge on any atom is -0.356 e. The number of carbonyl (C=O) groups is 1. The van der Waals surface area contributed by atoms with Crippen molar-refractivity contribution in [1.82, 2.24) is 20.1 Å². The number of amides is 1. The van der Waals surface area contributed by atoms with E-state index in [2.05, 4.69) is 15.4 Å². The van der Waals surface area contributed by atoms with Crippen molar-refractivity contribution in [2.45, 2.75) is 46.2 Å². The molecule has 1 N–H and O–H groups in total. The number of halogens is 3. The molecule has 0 saturated carbocycles. The Morgan fingerprint density at radius 3 is 2.37 bits per heavy atom. The van der Waals surface area contributed by atoms with Gasteiger partial charge in [0.05, 0.1) is 11.3 Å². The summed E-state index contributed by atoms with van der Waals surface area (Å²) < 4.78 is 39.6. The van der Waals surface area contributed by atoms with E-state index in [-0.39, 0.29) is 5.91 Å². The number of aryl methyl sites for hydroxylation is 4. The lowest BCUT2D eigenvalue weighted by atomic mass is 9.99. The maximum atomic E-state index is 12.6. The van der Waals surface area contributed by atoms with Gasteiger partial charge in [0, 0.05) is 31.1 Å². The van der Waals surface area contributed by atoms with E-state index in [0.29, 0.717) is 25.8 Å². The van der Waals surface area contributed by atoms with Crippen LogP contribution in [0.1, 0.15) is 40.1 Å². The van der Waals surface area contributed by atoms with Crippen molar-refractivity contribution < 1.29 is 18.0 Å². The van der Waals surface area contributed by atoms with Gasteiger partial charge in [-0.15, -0.1) is 0 Å². The lowest BCUT2D eigenvalue weighted by molar-refractivity contribution is -0.137. The van der Waals surface area contributed by atoms with Gasteiger partial charge < -0.3 is 5.32 Å². The molecule has 0 fully saturated rings. The van der Waals surface area contributed by atoms with Gasteiger partial charge in [0.25, 0.3) is 0 Å². The number of pyridine rings is 1. The van der Waals surface area contributed by atoms with Gasteiger partial charge in [-0.1, -0.05) is 12.1 Å². The second-order valence-electron chi connectivity index (χ2n) is 7.50. The van der Waals surface area contributed by atoms with Crippen LogP contribution in [0.5, 0.6) is 0 Å². The van der Waals surface area contributed by atoms with Gasteiger partial charge >= 0.3 is 6.18 Å². The van der Waals surface area contributed by atoms with Crippen LogP contribution < -0.4 is 5.32 Å². The molecule has 160 valence electrons. The van der Waals surface area contributed by atoms with Crippen LogP contribution in [0.4, 0.5) is 13.2 Å². The van der Waals surface area contributed by atoms with Crippen molar-refractivity contribution in [3.63, 3.8) is 0 Å². The predicted octanol–water partition coefficient (Wildman–Crippen LogP) is 4.20.